The predicted molar refractivity (Wildman–Crippen MR) is 81.4 cm³/mol. The van der Waals surface area contributed by atoms with Crippen LogP contribution in [0.2, 0.25) is 0 Å². The zero-order valence-electron chi connectivity index (χ0n) is 11.8. The number of anilines is 1. The van der Waals surface area contributed by atoms with Crippen molar-refractivity contribution in [2.24, 2.45) is 0 Å². The van der Waals surface area contributed by atoms with Gasteiger partial charge in [0.25, 0.3) is 0 Å². The van der Waals surface area contributed by atoms with Crippen molar-refractivity contribution in [2.75, 3.05) is 30.0 Å². The molecule has 0 spiro atoms. The van der Waals surface area contributed by atoms with E-state index in [0.29, 0.717) is 31.7 Å². The Hall–Kier alpha value is -1.89. The van der Waals surface area contributed by atoms with Crippen molar-refractivity contribution in [3.05, 3.63) is 29.3 Å². The van der Waals surface area contributed by atoms with Crippen molar-refractivity contribution < 1.29 is 18.9 Å². The highest BCUT2D eigenvalue weighted by Gasteiger charge is 2.25. The summed E-state index contributed by atoms with van der Waals surface area (Å²) in [7, 11) is -0.846. The van der Waals surface area contributed by atoms with Gasteiger partial charge in [0.1, 0.15) is 0 Å². The lowest BCUT2D eigenvalue weighted by atomic mass is 10.1. The third-order valence-electron chi connectivity index (χ3n) is 3.35. The summed E-state index contributed by atoms with van der Waals surface area (Å²) in [6.45, 7) is 1.03. The molecule has 0 aromatic heterocycles. The second-order valence-electron chi connectivity index (χ2n) is 4.91. The van der Waals surface area contributed by atoms with Crippen molar-refractivity contribution in [3.8, 4) is 0 Å². The zero-order chi connectivity index (χ0) is 15.4. The highest BCUT2D eigenvalue weighted by atomic mass is 32.2. The third kappa shape index (κ3) is 3.81. The van der Waals surface area contributed by atoms with E-state index in [-0.39, 0.29) is 11.6 Å². The number of carboxylic acid groups (broad SMARTS) is 1. The van der Waals surface area contributed by atoms with Crippen LogP contribution in [0.25, 0.3) is 0 Å². The quantitative estimate of drug-likeness (QED) is 0.801. The molecular weight excluding hydrogens is 292 g/mol. The van der Waals surface area contributed by atoms with Crippen molar-refractivity contribution in [2.45, 2.75) is 12.8 Å². The van der Waals surface area contributed by atoms with Crippen LogP contribution in [0.1, 0.15) is 22.3 Å². The van der Waals surface area contributed by atoms with Crippen molar-refractivity contribution in [1.29, 1.82) is 0 Å². The molecule has 0 saturated carbocycles. The third-order valence-corrected chi connectivity index (χ3v) is 4.22. The number of benzene rings is 1. The number of aromatic carboxylic acids is 1. The summed E-state index contributed by atoms with van der Waals surface area (Å²) in [5.41, 5.74) is 1.87. The average Bonchev–Trinajstić information content (AvgIpc) is 2.86. The number of amides is 2. The fourth-order valence-corrected chi connectivity index (χ4v) is 2.86. The van der Waals surface area contributed by atoms with Gasteiger partial charge in [-0.1, -0.05) is 0 Å². The number of carbonyl (C=O) groups excluding carboxylic acids is 1. The van der Waals surface area contributed by atoms with Crippen molar-refractivity contribution >= 4 is 28.5 Å². The Bertz CT molecular complexity index is 588. The molecule has 0 saturated heterocycles. The number of urea groups is 1. The van der Waals surface area contributed by atoms with Crippen molar-refractivity contribution in [3.63, 3.8) is 0 Å². The summed E-state index contributed by atoms with van der Waals surface area (Å²) in [5, 5.41) is 11.8. The highest BCUT2D eigenvalue weighted by molar-refractivity contribution is 7.84. The van der Waals surface area contributed by atoms with Crippen LogP contribution in [0.4, 0.5) is 10.5 Å². The molecule has 1 unspecified atom stereocenters. The summed E-state index contributed by atoms with van der Waals surface area (Å²) in [4.78, 5) is 24.6. The molecule has 2 N–H and O–H groups in total. The molecule has 0 radical (unpaired) electrons. The van der Waals surface area contributed by atoms with E-state index >= 15 is 0 Å². The molecule has 114 valence electrons. The second-order valence-corrected chi connectivity index (χ2v) is 6.47. The summed E-state index contributed by atoms with van der Waals surface area (Å²) in [6, 6.07) is 4.60. The van der Waals surface area contributed by atoms with Gasteiger partial charge in [-0.3, -0.25) is 9.11 Å². The van der Waals surface area contributed by atoms with Gasteiger partial charge in [-0.15, -0.1) is 0 Å². The smallest absolute Gasteiger partial charge is 0.335 e. The number of nitrogens with one attached hydrogen (secondary N) is 1. The van der Waals surface area contributed by atoms with Gasteiger partial charge in [0, 0.05) is 41.6 Å². The van der Waals surface area contributed by atoms with Crippen LogP contribution in [0.3, 0.4) is 0 Å². The Balaban J connectivity index is 1.97. The first-order valence-corrected chi connectivity index (χ1v) is 8.43. The van der Waals surface area contributed by atoms with Crippen LogP contribution in [0, 0.1) is 0 Å². The lowest BCUT2D eigenvalue weighted by Gasteiger charge is -2.18. The van der Waals surface area contributed by atoms with Crippen LogP contribution < -0.4 is 10.2 Å². The molecule has 1 aliphatic rings. The molecular formula is C14H18N2O4S. The summed E-state index contributed by atoms with van der Waals surface area (Å²) >= 11 is 0. The van der Waals surface area contributed by atoms with Gasteiger partial charge in [-0.05, 0) is 36.6 Å². The van der Waals surface area contributed by atoms with Crippen LogP contribution >= 0.6 is 0 Å². The van der Waals surface area contributed by atoms with E-state index in [1.807, 2.05) is 0 Å². The average molecular weight is 310 g/mol. The molecule has 0 fully saturated rings. The van der Waals surface area contributed by atoms with Gasteiger partial charge in [-0.25, -0.2) is 9.59 Å². The van der Waals surface area contributed by atoms with E-state index in [0.717, 1.165) is 11.3 Å². The molecule has 2 rings (SSSR count). The molecule has 1 atom stereocenters. The molecule has 0 bridgehead atoms. The molecule has 21 heavy (non-hydrogen) atoms. The van der Waals surface area contributed by atoms with Crippen LogP contribution in [-0.2, 0) is 17.2 Å². The standard InChI is InChI=1S/C14H18N2O4S/c1-21(20)8-2-6-15-14(19)16-7-5-10-9-11(13(17)18)3-4-12(10)16/h3-4,9H,2,5-8H2,1H3,(H,15,19)(H,17,18). The van der Waals surface area contributed by atoms with Crippen LogP contribution in [0.5, 0.6) is 0 Å². The molecule has 1 aliphatic heterocycles. The zero-order valence-corrected chi connectivity index (χ0v) is 12.6. The fourth-order valence-electron chi connectivity index (χ4n) is 2.31. The Morgan fingerprint density at radius 1 is 1.43 bits per heavy atom. The number of hydrogen-bond donors (Lipinski definition) is 2. The molecule has 7 heteroatoms. The summed E-state index contributed by atoms with van der Waals surface area (Å²) < 4.78 is 10.9. The minimum Gasteiger partial charge on any atom is -0.478 e. The first-order chi connectivity index (χ1) is 9.99. The van der Waals surface area contributed by atoms with E-state index in [1.54, 1.807) is 23.3 Å². The molecule has 1 heterocycles. The largest absolute Gasteiger partial charge is 0.478 e. The van der Waals surface area contributed by atoms with Gasteiger partial charge >= 0.3 is 12.0 Å². The van der Waals surface area contributed by atoms with Crippen LogP contribution in [0.15, 0.2) is 18.2 Å². The highest BCUT2D eigenvalue weighted by Crippen LogP contribution is 2.28. The molecule has 6 nitrogen and oxygen atoms in total. The number of hydrogen-bond acceptors (Lipinski definition) is 3. The summed E-state index contributed by atoms with van der Waals surface area (Å²) in [6.07, 6.45) is 2.97. The number of carboxylic acids is 1. The maximum absolute atomic E-state index is 12.1. The Morgan fingerprint density at radius 2 is 2.19 bits per heavy atom. The van der Waals surface area contributed by atoms with Gasteiger partial charge in [0.15, 0.2) is 0 Å². The number of carbonyl (C=O) groups is 2. The normalized spacial score (nSPS) is 14.6. The first-order valence-electron chi connectivity index (χ1n) is 6.70. The Kier molecular flexibility index (Phi) is 4.95. The molecule has 1 aromatic rings. The molecule has 1 aromatic carbocycles. The first kappa shape index (κ1) is 15.5. The predicted octanol–water partition coefficient (Wildman–Crippen LogP) is 1.23. The fraction of sp³-hybridized carbons (Fsp3) is 0.429. The van der Waals surface area contributed by atoms with E-state index in [2.05, 4.69) is 5.32 Å². The number of nitrogens with zero attached hydrogens (tertiary/aromatic N) is 1. The van der Waals surface area contributed by atoms with E-state index < -0.39 is 16.8 Å². The Labute approximate surface area is 125 Å². The topological polar surface area (TPSA) is 86.7 Å². The number of rotatable bonds is 5. The minimum absolute atomic E-state index is 0.196. The Morgan fingerprint density at radius 3 is 2.86 bits per heavy atom. The molecule has 2 amide bonds. The number of fused-ring (bicyclic) bond motifs is 1. The maximum atomic E-state index is 12.1. The monoisotopic (exact) mass is 310 g/mol. The second kappa shape index (κ2) is 6.71. The van der Waals surface area contributed by atoms with E-state index in [4.69, 9.17) is 5.11 Å². The maximum Gasteiger partial charge on any atom is 0.335 e. The minimum atomic E-state index is -0.965. The van der Waals surface area contributed by atoms with E-state index in [9.17, 15) is 13.8 Å². The molecule has 0 aliphatic carbocycles. The summed E-state index contributed by atoms with van der Waals surface area (Å²) in [5.74, 6) is -0.396. The lowest BCUT2D eigenvalue weighted by Crippen LogP contribution is -2.39. The van der Waals surface area contributed by atoms with Crippen LogP contribution in [-0.4, -0.2) is 46.4 Å². The van der Waals surface area contributed by atoms with Gasteiger partial charge < -0.3 is 10.4 Å². The van der Waals surface area contributed by atoms with Gasteiger partial charge in [0.2, 0.25) is 0 Å². The lowest BCUT2D eigenvalue weighted by molar-refractivity contribution is 0.0697. The van der Waals surface area contributed by atoms with E-state index in [1.165, 1.54) is 6.07 Å². The van der Waals surface area contributed by atoms with Gasteiger partial charge in [0.05, 0.1) is 5.56 Å². The SMILES string of the molecule is CS(=O)CCCNC(=O)N1CCc2cc(C(=O)O)ccc21. The van der Waals surface area contributed by atoms with Gasteiger partial charge in [-0.2, -0.15) is 0 Å². The van der Waals surface area contributed by atoms with Crippen molar-refractivity contribution in [1.82, 2.24) is 5.32 Å².